The van der Waals surface area contributed by atoms with Crippen LogP contribution in [0.4, 0.5) is 5.69 Å². The van der Waals surface area contributed by atoms with Gasteiger partial charge >= 0.3 is 0 Å². The Kier molecular flexibility index (Phi) is 6.31. The average molecular weight is 382 g/mol. The molecule has 0 bridgehead atoms. The highest BCUT2D eigenvalue weighted by Crippen LogP contribution is 2.25. The third-order valence-electron chi connectivity index (χ3n) is 3.43. The highest BCUT2D eigenvalue weighted by atomic mass is 32.2. The van der Waals surface area contributed by atoms with E-state index in [0.717, 1.165) is 11.8 Å². The van der Waals surface area contributed by atoms with E-state index < -0.39 is 16.1 Å². The molecule has 136 valence electrons. The number of benzene rings is 1. The first-order valence-corrected chi connectivity index (χ1v) is 10.7. The first-order valence-electron chi connectivity index (χ1n) is 7.95. The van der Waals surface area contributed by atoms with Gasteiger partial charge in [-0.1, -0.05) is 31.5 Å². The van der Waals surface area contributed by atoms with E-state index in [0.29, 0.717) is 17.1 Å². The number of aryl methyl sites for hydroxylation is 1. The quantitative estimate of drug-likeness (QED) is 0.770. The predicted molar refractivity (Wildman–Crippen MR) is 101 cm³/mol. The van der Waals surface area contributed by atoms with Gasteiger partial charge in [-0.25, -0.2) is 18.1 Å². The normalized spacial score (nSPS) is 13.0. The lowest BCUT2D eigenvalue weighted by Crippen LogP contribution is -2.28. The second kappa shape index (κ2) is 8.07. The summed E-state index contributed by atoms with van der Waals surface area (Å²) in [6.45, 7) is 5.99. The fraction of sp³-hybridized carbons (Fsp3) is 0.412. The number of amides is 1. The average Bonchev–Trinajstić information content (AvgIpc) is 2.97. The van der Waals surface area contributed by atoms with Crippen LogP contribution in [0.5, 0.6) is 0 Å². The molecule has 25 heavy (non-hydrogen) atoms. The number of nitrogens with zero attached hydrogens (tertiary/aromatic N) is 1. The number of hydrogen-bond acceptors (Lipinski definition) is 5. The molecule has 0 aliphatic carbocycles. The van der Waals surface area contributed by atoms with Gasteiger partial charge in [0, 0.05) is 11.1 Å². The summed E-state index contributed by atoms with van der Waals surface area (Å²) in [6, 6.07) is 7.05. The molecular formula is C17H23N3O3S2. The van der Waals surface area contributed by atoms with Crippen molar-refractivity contribution in [2.24, 2.45) is 5.92 Å². The first kappa shape index (κ1) is 19.6. The molecule has 2 N–H and O–H groups in total. The first-order chi connectivity index (χ1) is 11.6. The van der Waals surface area contributed by atoms with E-state index in [9.17, 15) is 13.2 Å². The maximum absolute atomic E-state index is 12.3. The van der Waals surface area contributed by atoms with Gasteiger partial charge in [-0.3, -0.25) is 4.79 Å². The van der Waals surface area contributed by atoms with Gasteiger partial charge in [0.1, 0.15) is 10.7 Å². The van der Waals surface area contributed by atoms with Crippen LogP contribution in [-0.4, -0.2) is 25.6 Å². The minimum Gasteiger partial charge on any atom is -0.321 e. The van der Waals surface area contributed by atoms with Gasteiger partial charge in [-0.05, 0) is 31.4 Å². The van der Waals surface area contributed by atoms with Crippen molar-refractivity contribution in [3.8, 4) is 0 Å². The van der Waals surface area contributed by atoms with E-state index in [2.05, 4.69) is 15.0 Å². The molecule has 6 nitrogen and oxygen atoms in total. The number of nitrogens with one attached hydrogen (secondary N) is 2. The molecule has 8 heteroatoms. The number of rotatable bonds is 7. The van der Waals surface area contributed by atoms with Crippen LogP contribution >= 0.6 is 11.3 Å². The summed E-state index contributed by atoms with van der Waals surface area (Å²) in [5.74, 6) is -0.0259. The summed E-state index contributed by atoms with van der Waals surface area (Å²) < 4.78 is 25.8. The maximum atomic E-state index is 12.3. The fourth-order valence-corrected chi connectivity index (χ4v) is 3.98. The molecule has 0 spiro atoms. The highest BCUT2D eigenvalue weighted by molar-refractivity contribution is 7.88. The van der Waals surface area contributed by atoms with Crippen molar-refractivity contribution in [2.75, 3.05) is 11.6 Å². The number of carbonyl (C=O) groups is 1. The van der Waals surface area contributed by atoms with Crippen LogP contribution in [0.25, 0.3) is 0 Å². The van der Waals surface area contributed by atoms with E-state index in [1.165, 1.54) is 11.3 Å². The number of thiazole rings is 1. The van der Waals surface area contributed by atoms with Gasteiger partial charge in [0.15, 0.2) is 0 Å². The second-order valence-corrected chi connectivity index (χ2v) is 9.13. The van der Waals surface area contributed by atoms with Gasteiger partial charge < -0.3 is 5.32 Å². The number of carbonyl (C=O) groups excluding carboxylic acids is 1. The summed E-state index contributed by atoms with van der Waals surface area (Å²) in [4.78, 5) is 16.7. The van der Waals surface area contributed by atoms with Crippen molar-refractivity contribution in [2.45, 2.75) is 33.2 Å². The molecule has 1 amide bonds. The van der Waals surface area contributed by atoms with Crippen LogP contribution in [0.2, 0.25) is 0 Å². The fourth-order valence-electron chi connectivity index (χ4n) is 2.31. The van der Waals surface area contributed by atoms with Crippen LogP contribution in [-0.2, 0) is 10.0 Å². The molecule has 1 aromatic heterocycles. The Morgan fingerprint density at radius 1 is 1.24 bits per heavy atom. The molecule has 1 heterocycles. The number of anilines is 1. The van der Waals surface area contributed by atoms with Crippen LogP contribution in [0.1, 0.15) is 47.4 Å². The zero-order valence-electron chi connectivity index (χ0n) is 14.7. The second-order valence-electron chi connectivity index (χ2n) is 6.46. The summed E-state index contributed by atoms with van der Waals surface area (Å²) in [6.07, 6.45) is 1.73. The molecule has 1 atom stereocenters. The molecule has 0 aliphatic rings. The van der Waals surface area contributed by atoms with E-state index >= 15 is 0 Å². The molecule has 0 unspecified atom stereocenters. The largest absolute Gasteiger partial charge is 0.321 e. The van der Waals surface area contributed by atoms with E-state index in [1.807, 2.05) is 45.0 Å². The summed E-state index contributed by atoms with van der Waals surface area (Å²) in [5, 5.41) is 5.03. The molecule has 0 aliphatic heterocycles. The number of sulfonamides is 1. The molecule has 0 saturated heterocycles. The Bertz CT molecular complexity index is 827. The summed E-state index contributed by atoms with van der Waals surface area (Å²) in [7, 11) is -3.36. The molecule has 2 aromatic rings. The van der Waals surface area contributed by atoms with Gasteiger partial charge in [-0.2, -0.15) is 0 Å². The van der Waals surface area contributed by atoms with Crippen molar-refractivity contribution >= 4 is 33.0 Å². The number of aromatic nitrogens is 1. The molecule has 0 fully saturated rings. The Balaban J connectivity index is 2.15. The summed E-state index contributed by atoms with van der Waals surface area (Å²) >= 11 is 1.28. The molecule has 1 aromatic carbocycles. The lowest BCUT2D eigenvalue weighted by atomic mass is 10.1. The van der Waals surface area contributed by atoms with Crippen molar-refractivity contribution < 1.29 is 13.2 Å². The Labute approximate surface area is 152 Å². The van der Waals surface area contributed by atoms with Crippen molar-refractivity contribution in [1.82, 2.24) is 9.71 Å². The topological polar surface area (TPSA) is 88.2 Å². The summed E-state index contributed by atoms with van der Waals surface area (Å²) in [5.41, 5.74) is 2.08. The van der Waals surface area contributed by atoms with Crippen LogP contribution in [0.3, 0.4) is 0 Å². The Morgan fingerprint density at radius 2 is 1.88 bits per heavy atom. The van der Waals surface area contributed by atoms with Crippen LogP contribution in [0, 0.1) is 12.8 Å². The standard InChI is InChI=1S/C17H23N3O3S2/c1-11(2)9-14(20-25(4,22)23)17-19-15(10-24-17)16(21)18-13-7-5-12(3)6-8-13/h5-8,10-11,14,20H,9H2,1-4H3,(H,18,21)/t14-/m1/s1. The lowest BCUT2D eigenvalue weighted by molar-refractivity contribution is 0.102. The SMILES string of the molecule is Cc1ccc(NC(=O)c2csc([C@@H](CC(C)C)NS(C)(=O)=O)n2)cc1. The van der Waals surface area contributed by atoms with Gasteiger partial charge in [0.25, 0.3) is 5.91 Å². The molecule has 2 rings (SSSR count). The zero-order valence-corrected chi connectivity index (χ0v) is 16.4. The Morgan fingerprint density at radius 3 is 2.44 bits per heavy atom. The smallest absolute Gasteiger partial charge is 0.275 e. The van der Waals surface area contributed by atoms with Crippen molar-refractivity contribution in [3.63, 3.8) is 0 Å². The molecule has 0 radical (unpaired) electrons. The Hall–Kier alpha value is -1.77. The molecular weight excluding hydrogens is 358 g/mol. The van der Waals surface area contributed by atoms with Crippen molar-refractivity contribution in [3.05, 3.63) is 45.9 Å². The minimum atomic E-state index is -3.36. The van der Waals surface area contributed by atoms with E-state index in [1.54, 1.807) is 5.38 Å². The predicted octanol–water partition coefficient (Wildman–Crippen LogP) is 3.34. The third-order valence-corrected chi connectivity index (χ3v) is 5.10. The molecule has 0 saturated carbocycles. The van der Waals surface area contributed by atoms with Gasteiger partial charge in [0.2, 0.25) is 10.0 Å². The van der Waals surface area contributed by atoms with Gasteiger partial charge in [0.05, 0.1) is 12.3 Å². The third kappa shape index (κ3) is 6.22. The van der Waals surface area contributed by atoms with Crippen LogP contribution < -0.4 is 10.0 Å². The van der Waals surface area contributed by atoms with E-state index in [-0.39, 0.29) is 17.5 Å². The lowest BCUT2D eigenvalue weighted by Gasteiger charge is -2.17. The highest BCUT2D eigenvalue weighted by Gasteiger charge is 2.22. The van der Waals surface area contributed by atoms with Crippen LogP contribution in [0.15, 0.2) is 29.6 Å². The van der Waals surface area contributed by atoms with Crippen molar-refractivity contribution in [1.29, 1.82) is 0 Å². The number of hydrogen-bond donors (Lipinski definition) is 2. The van der Waals surface area contributed by atoms with E-state index in [4.69, 9.17) is 0 Å². The maximum Gasteiger partial charge on any atom is 0.275 e. The van der Waals surface area contributed by atoms with Gasteiger partial charge in [-0.15, -0.1) is 11.3 Å². The zero-order chi connectivity index (χ0) is 18.6. The monoisotopic (exact) mass is 381 g/mol. The minimum absolute atomic E-state index is 0.282.